The first kappa shape index (κ1) is 30.1. The first-order chi connectivity index (χ1) is 17.6. The van der Waals surface area contributed by atoms with Crippen LogP contribution in [0.1, 0.15) is 37.3 Å². The fourth-order valence-electron chi connectivity index (χ4n) is 3.48. The van der Waals surface area contributed by atoms with E-state index in [0.29, 0.717) is 36.2 Å². The molecule has 6 nitrogen and oxygen atoms in total. The predicted octanol–water partition coefficient (Wildman–Crippen LogP) is 6.16. The summed E-state index contributed by atoms with van der Waals surface area (Å²) in [6.07, 6.45) is 9.08. The molecular weight excluding hydrogens is 487 g/mol. The maximum Gasteiger partial charge on any atom is 0.161 e. The van der Waals surface area contributed by atoms with Crippen LogP contribution in [0.25, 0.3) is 12.2 Å². The summed E-state index contributed by atoms with van der Waals surface area (Å²) in [5, 5.41) is 0. The van der Waals surface area contributed by atoms with Gasteiger partial charge in [-0.2, -0.15) is 0 Å². The van der Waals surface area contributed by atoms with Gasteiger partial charge in [0.05, 0.1) is 13.7 Å². The zero-order chi connectivity index (χ0) is 27.3. The summed E-state index contributed by atoms with van der Waals surface area (Å²) in [6, 6.07) is 11.0. The van der Waals surface area contributed by atoms with Crippen LogP contribution in [-0.2, 0) is 9.59 Å². The Morgan fingerprint density at radius 3 is 1.68 bits per heavy atom. The SMILES string of the molecule is CCCOc1ccc(/C=C/C(=O)CC(=O)/C=C/c2ccc(OCCC[PH](C)(C)C)c(OC)c2)cc1OC. The quantitative estimate of drug-likeness (QED) is 0.113. The van der Waals surface area contributed by atoms with Gasteiger partial charge in [-0.1, -0.05) is 19.1 Å². The molecule has 0 heterocycles. The van der Waals surface area contributed by atoms with E-state index in [1.54, 1.807) is 32.4 Å². The van der Waals surface area contributed by atoms with Crippen LogP contribution in [0.15, 0.2) is 48.6 Å². The molecule has 0 unspecified atom stereocenters. The zero-order valence-corrected chi connectivity index (χ0v) is 24.0. The Balaban J connectivity index is 1.91. The number of methoxy groups -OCH3 is 2. The van der Waals surface area contributed by atoms with Gasteiger partial charge < -0.3 is 9.47 Å². The third kappa shape index (κ3) is 11.2. The second-order valence-corrected chi connectivity index (χ2v) is 15.6. The molecule has 2 aromatic carbocycles. The van der Waals surface area contributed by atoms with Crippen molar-refractivity contribution in [3.8, 4) is 23.0 Å². The molecule has 0 radical (unpaired) electrons. The third-order valence-electron chi connectivity index (χ3n) is 5.44. The van der Waals surface area contributed by atoms with Crippen molar-refractivity contribution >= 4 is 31.0 Å². The Bertz CT molecular complexity index is 1100. The molecule has 0 saturated heterocycles. The van der Waals surface area contributed by atoms with Gasteiger partial charge in [-0.25, -0.2) is 0 Å². The summed E-state index contributed by atoms with van der Waals surface area (Å²) in [5.74, 6) is 2.00. The van der Waals surface area contributed by atoms with Gasteiger partial charge in [0.1, 0.15) is 0 Å². The van der Waals surface area contributed by atoms with E-state index >= 15 is 0 Å². The van der Waals surface area contributed by atoms with Crippen molar-refractivity contribution in [1.82, 2.24) is 0 Å². The molecule has 7 heteroatoms. The molecule has 0 aliphatic rings. The molecular formula is C30H41O6P. The van der Waals surface area contributed by atoms with Crippen molar-refractivity contribution in [2.24, 2.45) is 0 Å². The summed E-state index contributed by atoms with van der Waals surface area (Å²) >= 11 is 0. The van der Waals surface area contributed by atoms with Crippen LogP contribution in [0.2, 0.25) is 0 Å². The fraction of sp³-hybridized carbons (Fsp3) is 0.400. The van der Waals surface area contributed by atoms with Gasteiger partial charge >= 0.3 is 127 Å². The summed E-state index contributed by atoms with van der Waals surface area (Å²) in [7, 11) is 2.08. The third-order valence-corrected chi connectivity index (χ3v) is 7.29. The van der Waals surface area contributed by atoms with Crippen LogP contribution in [0.4, 0.5) is 0 Å². The Kier molecular flexibility index (Phi) is 12.4. The van der Waals surface area contributed by atoms with E-state index in [-0.39, 0.29) is 18.0 Å². The maximum absolute atomic E-state index is 12.3. The Morgan fingerprint density at radius 1 is 0.757 bits per heavy atom. The Labute approximate surface area is 222 Å². The summed E-state index contributed by atoms with van der Waals surface area (Å²) in [5.41, 5.74) is 1.58. The van der Waals surface area contributed by atoms with Crippen molar-refractivity contribution in [2.75, 3.05) is 53.6 Å². The Hall–Kier alpha value is -3.11. The van der Waals surface area contributed by atoms with Crippen LogP contribution in [0.3, 0.4) is 0 Å². The molecule has 202 valence electrons. The summed E-state index contributed by atoms with van der Waals surface area (Å²) in [6.45, 7) is 10.3. The van der Waals surface area contributed by atoms with Gasteiger partial charge in [-0.15, -0.1) is 0 Å². The van der Waals surface area contributed by atoms with Gasteiger partial charge in [-0.3, -0.25) is 4.79 Å². The van der Waals surface area contributed by atoms with E-state index in [1.165, 1.54) is 18.3 Å². The van der Waals surface area contributed by atoms with Gasteiger partial charge in [0, 0.05) is 0 Å². The molecule has 0 amide bonds. The molecule has 0 atom stereocenters. The minimum atomic E-state index is -1.08. The monoisotopic (exact) mass is 528 g/mol. The molecule has 2 aromatic rings. The Morgan fingerprint density at radius 2 is 1.24 bits per heavy atom. The van der Waals surface area contributed by atoms with Gasteiger partial charge in [0.2, 0.25) is 0 Å². The predicted molar refractivity (Wildman–Crippen MR) is 156 cm³/mol. The van der Waals surface area contributed by atoms with Crippen molar-refractivity contribution in [3.63, 3.8) is 0 Å². The van der Waals surface area contributed by atoms with E-state index in [2.05, 4.69) is 20.0 Å². The van der Waals surface area contributed by atoms with E-state index in [1.807, 2.05) is 37.3 Å². The number of hydrogen-bond acceptors (Lipinski definition) is 6. The average Bonchev–Trinajstić information content (AvgIpc) is 2.87. The van der Waals surface area contributed by atoms with E-state index in [4.69, 9.17) is 18.9 Å². The number of ether oxygens (including phenoxy) is 4. The number of hydrogen-bond donors (Lipinski definition) is 0. The standard InChI is InChI=1S/C30H41O6P/c1-7-17-35-27-15-11-23(20-29(27)33-2)9-13-25(31)22-26(32)14-10-24-12-16-28(30(21-24)34-3)36-18-8-19-37(4,5)6/h9-16,20-21,37H,7-8,17-19,22H2,1-6H3/b13-9+,14-10+. The number of allylic oxidation sites excluding steroid dienone is 2. The minimum Gasteiger partial charge on any atom is -0.493 e. The second kappa shape index (κ2) is 15.2. The molecule has 0 fully saturated rings. The summed E-state index contributed by atoms with van der Waals surface area (Å²) in [4.78, 5) is 24.6. The zero-order valence-electron chi connectivity index (χ0n) is 23.0. The van der Waals surface area contributed by atoms with E-state index in [9.17, 15) is 9.59 Å². The number of carbonyl (C=O) groups is 2. The van der Waals surface area contributed by atoms with Crippen LogP contribution in [0.5, 0.6) is 23.0 Å². The number of ketones is 2. The topological polar surface area (TPSA) is 71.1 Å². The molecule has 0 saturated carbocycles. The smallest absolute Gasteiger partial charge is 0.161 e. The first-order valence-corrected chi connectivity index (χ1v) is 16.4. The summed E-state index contributed by atoms with van der Waals surface area (Å²) < 4.78 is 22.4. The average molecular weight is 529 g/mol. The number of rotatable bonds is 16. The molecule has 0 spiro atoms. The molecule has 37 heavy (non-hydrogen) atoms. The molecule has 0 bridgehead atoms. The normalized spacial score (nSPS) is 12.1. The van der Waals surface area contributed by atoms with Gasteiger partial charge in [0.25, 0.3) is 0 Å². The molecule has 0 aliphatic heterocycles. The van der Waals surface area contributed by atoms with Crippen LogP contribution in [0, 0.1) is 0 Å². The molecule has 0 N–H and O–H groups in total. The molecule has 0 aromatic heterocycles. The van der Waals surface area contributed by atoms with Gasteiger partial charge in [-0.05, 0) is 30.2 Å². The maximum atomic E-state index is 12.3. The van der Waals surface area contributed by atoms with Crippen molar-refractivity contribution < 1.29 is 28.5 Å². The number of carbonyl (C=O) groups excluding carboxylic acids is 2. The van der Waals surface area contributed by atoms with Crippen LogP contribution < -0.4 is 18.9 Å². The minimum absolute atomic E-state index is 0.211. The van der Waals surface area contributed by atoms with Gasteiger partial charge in [0.15, 0.2) is 17.3 Å². The van der Waals surface area contributed by atoms with Crippen LogP contribution in [-0.4, -0.2) is 65.2 Å². The van der Waals surface area contributed by atoms with Crippen molar-refractivity contribution in [2.45, 2.75) is 26.2 Å². The van der Waals surface area contributed by atoms with Crippen molar-refractivity contribution in [1.29, 1.82) is 0 Å². The fourth-order valence-corrected chi connectivity index (χ4v) is 4.68. The van der Waals surface area contributed by atoms with E-state index in [0.717, 1.165) is 24.0 Å². The molecule has 0 aliphatic carbocycles. The first-order valence-electron chi connectivity index (χ1n) is 12.7. The van der Waals surface area contributed by atoms with Crippen LogP contribution >= 0.6 is 7.26 Å². The molecule has 2 rings (SSSR count). The largest absolute Gasteiger partial charge is 0.493 e. The van der Waals surface area contributed by atoms with Crippen molar-refractivity contribution in [3.05, 3.63) is 59.7 Å². The van der Waals surface area contributed by atoms with E-state index < -0.39 is 7.26 Å². The second-order valence-electron chi connectivity index (χ2n) is 9.96. The number of benzene rings is 2.